The summed E-state index contributed by atoms with van der Waals surface area (Å²) in [5.74, 6) is 0.762. The van der Waals surface area contributed by atoms with Crippen molar-refractivity contribution >= 4 is 11.7 Å². The molecule has 0 aliphatic rings. The van der Waals surface area contributed by atoms with Crippen LogP contribution in [0, 0.1) is 0 Å². The van der Waals surface area contributed by atoms with E-state index < -0.39 is 0 Å². The van der Waals surface area contributed by atoms with Gasteiger partial charge in [-0.25, -0.2) is 4.79 Å². The van der Waals surface area contributed by atoms with Gasteiger partial charge in [0.15, 0.2) is 0 Å². The van der Waals surface area contributed by atoms with Crippen LogP contribution in [0.5, 0.6) is 5.75 Å². The lowest BCUT2D eigenvalue weighted by Gasteiger charge is -2.19. The molecule has 0 aliphatic carbocycles. The van der Waals surface area contributed by atoms with Gasteiger partial charge in [-0.15, -0.1) is 0 Å². The van der Waals surface area contributed by atoms with Crippen LogP contribution in [0.25, 0.3) is 0 Å². The third-order valence-electron chi connectivity index (χ3n) is 2.71. The molecule has 0 aromatic heterocycles. The van der Waals surface area contributed by atoms with Crippen LogP contribution in [0.1, 0.15) is 13.8 Å². The monoisotopic (exact) mass is 266 g/mol. The van der Waals surface area contributed by atoms with E-state index in [4.69, 9.17) is 9.47 Å². The largest absolute Gasteiger partial charge is 0.491 e. The van der Waals surface area contributed by atoms with Crippen LogP contribution in [0.4, 0.5) is 10.5 Å². The van der Waals surface area contributed by atoms with E-state index >= 15 is 0 Å². The Morgan fingerprint density at radius 2 is 1.79 bits per heavy atom. The number of anilines is 1. The molecule has 19 heavy (non-hydrogen) atoms. The number of benzene rings is 1. The molecule has 1 N–H and O–H groups in total. The highest BCUT2D eigenvalue weighted by molar-refractivity contribution is 5.89. The molecule has 0 aliphatic heterocycles. The van der Waals surface area contributed by atoms with Crippen LogP contribution in [-0.2, 0) is 4.74 Å². The highest BCUT2D eigenvalue weighted by Crippen LogP contribution is 2.16. The summed E-state index contributed by atoms with van der Waals surface area (Å²) >= 11 is 0. The SMILES string of the molecule is CCN(CC)C(=O)Nc1ccc(OCCOC)cc1. The van der Waals surface area contributed by atoms with E-state index in [2.05, 4.69) is 5.32 Å². The summed E-state index contributed by atoms with van der Waals surface area (Å²) in [7, 11) is 1.63. The molecule has 0 heterocycles. The topological polar surface area (TPSA) is 50.8 Å². The fourth-order valence-corrected chi connectivity index (χ4v) is 1.59. The van der Waals surface area contributed by atoms with Gasteiger partial charge in [-0.05, 0) is 38.1 Å². The maximum absolute atomic E-state index is 11.8. The zero-order chi connectivity index (χ0) is 14.1. The zero-order valence-corrected chi connectivity index (χ0v) is 11.8. The van der Waals surface area contributed by atoms with E-state index in [9.17, 15) is 4.79 Å². The van der Waals surface area contributed by atoms with Gasteiger partial charge in [0.25, 0.3) is 0 Å². The van der Waals surface area contributed by atoms with Crippen LogP contribution < -0.4 is 10.1 Å². The zero-order valence-electron chi connectivity index (χ0n) is 11.8. The lowest BCUT2D eigenvalue weighted by molar-refractivity contribution is 0.146. The lowest BCUT2D eigenvalue weighted by Crippen LogP contribution is -2.34. The number of ether oxygens (including phenoxy) is 2. The van der Waals surface area contributed by atoms with Crippen molar-refractivity contribution in [1.29, 1.82) is 0 Å². The fourth-order valence-electron chi connectivity index (χ4n) is 1.59. The minimum Gasteiger partial charge on any atom is -0.491 e. The fraction of sp³-hybridized carbons (Fsp3) is 0.500. The molecule has 0 fully saturated rings. The van der Waals surface area contributed by atoms with Crippen molar-refractivity contribution in [2.75, 3.05) is 38.7 Å². The molecular formula is C14H22N2O3. The molecule has 0 spiro atoms. The molecule has 106 valence electrons. The molecule has 5 heteroatoms. The highest BCUT2D eigenvalue weighted by Gasteiger charge is 2.08. The molecule has 0 saturated carbocycles. The molecule has 0 atom stereocenters. The van der Waals surface area contributed by atoms with Gasteiger partial charge in [0, 0.05) is 25.9 Å². The summed E-state index contributed by atoms with van der Waals surface area (Å²) in [6.45, 7) is 6.37. The van der Waals surface area contributed by atoms with Gasteiger partial charge < -0.3 is 19.7 Å². The average molecular weight is 266 g/mol. The van der Waals surface area contributed by atoms with E-state index in [1.807, 2.05) is 38.1 Å². The van der Waals surface area contributed by atoms with Gasteiger partial charge in [0.05, 0.1) is 6.61 Å². The first-order valence-electron chi connectivity index (χ1n) is 6.49. The van der Waals surface area contributed by atoms with Crippen molar-refractivity contribution in [2.45, 2.75) is 13.8 Å². The molecular weight excluding hydrogens is 244 g/mol. The Balaban J connectivity index is 2.49. The van der Waals surface area contributed by atoms with Gasteiger partial charge in [0.1, 0.15) is 12.4 Å². The van der Waals surface area contributed by atoms with Crippen LogP contribution in [-0.4, -0.2) is 44.3 Å². The smallest absolute Gasteiger partial charge is 0.321 e. The third-order valence-corrected chi connectivity index (χ3v) is 2.71. The number of rotatable bonds is 7. The lowest BCUT2D eigenvalue weighted by atomic mass is 10.3. The van der Waals surface area contributed by atoms with Crippen LogP contribution in [0.2, 0.25) is 0 Å². The number of nitrogens with zero attached hydrogens (tertiary/aromatic N) is 1. The van der Waals surface area contributed by atoms with Crippen LogP contribution in [0.3, 0.4) is 0 Å². The number of hydrogen-bond acceptors (Lipinski definition) is 3. The first-order valence-corrected chi connectivity index (χ1v) is 6.49. The Hall–Kier alpha value is -1.75. The first-order chi connectivity index (χ1) is 9.21. The summed E-state index contributed by atoms with van der Waals surface area (Å²) in [4.78, 5) is 13.6. The molecule has 1 aromatic rings. The van der Waals surface area contributed by atoms with Gasteiger partial charge in [-0.1, -0.05) is 0 Å². The maximum atomic E-state index is 11.8. The third kappa shape index (κ3) is 5.18. The summed E-state index contributed by atoms with van der Waals surface area (Å²) < 4.78 is 10.4. The summed E-state index contributed by atoms with van der Waals surface area (Å²) in [6.07, 6.45) is 0. The minimum atomic E-state index is -0.0851. The number of urea groups is 1. The van der Waals surface area contributed by atoms with Gasteiger partial charge in [-0.2, -0.15) is 0 Å². The van der Waals surface area contributed by atoms with Crippen molar-refractivity contribution in [3.8, 4) is 5.75 Å². The molecule has 0 unspecified atom stereocenters. The van der Waals surface area contributed by atoms with Crippen LogP contribution in [0.15, 0.2) is 24.3 Å². The summed E-state index contributed by atoms with van der Waals surface area (Å²) in [5, 5.41) is 2.85. The molecule has 0 radical (unpaired) electrons. The molecule has 1 aromatic carbocycles. The highest BCUT2D eigenvalue weighted by atomic mass is 16.5. The number of hydrogen-bond donors (Lipinski definition) is 1. The number of nitrogens with one attached hydrogen (secondary N) is 1. The van der Waals surface area contributed by atoms with Crippen molar-refractivity contribution in [3.63, 3.8) is 0 Å². The standard InChI is InChI=1S/C14H22N2O3/c1-4-16(5-2)14(17)15-12-6-8-13(9-7-12)19-11-10-18-3/h6-9H,4-5,10-11H2,1-3H3,(H,15,17). The van der Waals surface area contributed by atoms with Gasteiger partial charge >= 0.3 is 6.03 Å². The van der Waals surface area contributed by atoms with Crippen molar-refractivity contribution in [1.82, 2.24) is 4.90 Å². The number of carbonyl (C=O) groups is 1. The maximum Gasteiger partial charge on any atom is 0.321 e. The quantitative estimate of drug-likeness (QED) is 0.772. The Morgan fingerprint density at radius 1 is 1.16 bits per heavy atom. The second-order valence-corrected chi connectivity index (χ2v) is 3.97. The van der Waals surface area contributed by atoms with E-state index in [1.54, 1.807) is 12.0 Å². The molecule has 2 amide bonds. The normalized spacial score (nSPS) is 10.1. The van der Waals surface area contributed by atoms with E-state index in [1.165, 1.54) is 0 Å². The Kier molecular flexibility index (Phi) is 6.74. The molecule has 0 saturated heterocycles. The van der Waals surface area contributed by atoms with Crippen molar-refractivity contribution in [3.05, 3.63) is 24.3 Å². The number of amides is 2. The first kappa shape index (κ1) is 15.3. The van der Waals surface area contributed by atoms with E-state index in [-0.39, 0.29) is 6.03 Å². The number of carbonyl (C=O) groups excluding carboxylic acids is 1. The second kappa shape index (κ2) is 8.37. The second-order valence-electron chi connectivity index (χ2n) is 3.97. The van der Waals surface area contributed by atoms with Crippen LogP contribution >= 0.6 is 0 Å². The average Bonchev–Trinajstić information content (AvgIpc) is 2.42. The predicted octanol–water partition coefficient (Wildman–Crippen LogP) is 2.59. The van der Waals surface area contributed by atoms with E-state index in [0.717, 1.165) is 11.4 Å². The molecule has 1 rings (SSSR count). The van der Waals surface area contributed by atoms with Gasteiger partial charge in [-0.3, -0.25) is 0 Å². The minimum absolute atomic E-state index is 0.0851. The number of methoxy groups -OCH3 is 1. The van der Waals surface area contributed by atoms with Crippen molar-refractivity contribution in [2.24, 2.45) is 0 Å². The Morgan fingerprint density at radius 3 is 2.32 bits per heavy atom. The molecule has 0 bridgehead atoms. The predicted molar refractivity (Wildman–Crippen MR) is 75.8 cm³/mol. The Labute approximate surface area is 114 Å². The van der Waals surface area contributed by atoms with Gasteiger partial charge in [0.2, 0.25) is 0 Å². The molecule has 5 nitrogen and oxygen atoms in total. The summed E-state index contributed by atoms with van der Waals surface area (Å²) in [5.41, 5.74) is 0.760. The Bertz CT molecular complexity index is 375. The summed E-state index contributed by atoms with van der Waals surface area (Å²) in [6, 6.07) is 7.21. The van der Waals surface area contributed by atoms with Crippen molar-refractivity contribution < 1.29 is 14.3 Å². The van der Waals surface area contributed by atoms with E-state index in [0.29, 0.717) is 26.3 Å².